The molecule has 0 spiro atoms. The molecule has 10 nitrogen and oxygen atoms in total. The van der Waals surface area contributed by atoms with Crippen molar-refractivity contribution >= 4 is 23.9 Å². The van der Waals surface area contributed by atoms with Gasteiger partial charge in [-0.15, -0.1) is 0 Å². The lowest BCUT2D eigenvalue weighted by Crippen LogP contribution is -2.47. The fraction of sp³-hybridized carbons (Fsp3) is 0.176. The fourth-order valence-electron chi connectivity index (χ4n) is 4.55. The Hall–Kier alpha value is -5.32. The van der Waals surface area contributed by atoms with Gasteiger partial charge in [-0.2, -0.15) is 0 Å². The Labute approximate surface area is 252 Å². The number of esters is 4. The Morgan fingerprint density at radius 1 is 0.568 bits per heavy atom. The normalized spacial score (nSPS) is 19.8. The van der Waals surface area contributed by atoms with Crippen LogP contribution in [-0.4, -0.2) is 66.3 Å². The maximum Gasteiger partial charge on any atom is 0.338 e. The van der Waals surface area contributed by atoms with Gasteiger partial charge in [0.05, 0.1) is 22.3 Å². The molecule has 1 aliphatic rings. The molecule has 224 valence electrons. The summed E-state index contributed by atoms with van der Waals surface area (Å²) in [5.74, 6) is -3.13. The highest BCUT2D eigenvalue weighted by Crippen LogP contribution is 2.31. The van der Waals surface area contributed by atoms with Gasteiger partial charge in [-0.05, 0) is 48.5 Å². The highest BCUT2D eigenvalue weighted by atomic mass is 16.7. The average molecular weight is 597 g/mol. The molecule has 0 aromatic heterocycles. The summed E-state index contributed by atoms with van der Waals surface area (Å²) in [6, 6.07) is 32.2. The number of rotatable bonds is 10. The summed E-state index contributed by atoms with van der Waals surface area (Å²) in [7, 11) is 0. The Bertz CT molecular complexity index is 1560. The molecule has 10 heteroatoms. The van der Waals surface area contributed by atoms with Crippen molar-refractivity contribution in [2.24, 2.45) is 0 Å². The van der Waals surface area contributed by atoms with E-state index in [0.717, 1.165) is 0 Å². The van der Waals surface area contributed by atoms with Crippen molar-refractivity contribution in [3.05, 3.63) is 144 Å². The second-order valence-corrected chi connectivity index (χ2v) is 9.74. The fourth-order valence-corrected chi connectivity index (χ4v) is 4.55. The largest absolute Gasteiger partial charge is 0.458 e. The maximum atomic E-state index is 13.2. The molecular formula is C34H28O10. The minimum Gasteiger partial charge on any atom is -0.458 e. The van der Waals surface area contributed by atoms with Gasteiger partial charge in [-0.3, -0.25) is 0 Å². The summed E-state index contributed by atoms with van der Waals surface area (Å²) in [6.07, 6.45) is -7.61. The van der Waals surface area contributed by atoms with Gasteiger partial charge in [-0.1, -0.05) is 72.8 Å². The summed E-state index contributed by atoms with van der Waals surface area (Å²) >= 11 is 0. The van der Waals surface area contributed by atoms with Crippen molar-refractivity contribution < 1.29 is 48.0 Å². The SMILES string of the molecule is O=C(OC[C@H](OC(=O)c1ccccc1)[C@@H]1O[C@@H](O)[C@H](OC(=O)c2ccccc2)[C@H]1OC(=O)c1ccccc1)c1ccccc1. The van der Waals surface area contributed by atoms with Crippen molar-refractivity contribution in [2.75, 3.05) is 6.61 Å². The average Bonchev–Trinajstić information content (AvgIpc) is 3.37. The van der Waals surface area contributed by atoms with Crippen LogP contribution in [0.3, 0.4) is 0 Å². The number of aliphatic hydroxyl groups is 1. The summed E-state index contributed by atoms with van der Waals surface area (Å²) in [4.78, 5) is 52.1. The zero-order valence-corrected chi connectivity index (χ0v) is 23.3. The highest BCUT2D eigenvalue weighted by Gasteiger charge is 2.53. The molecule has 0 saturated carbocycles. The molecule has 1 saturated heterocycles. The van der Waals surface area contributed by atoms with Crippen LogP contribution in [0.25, 0.3) is 0 Å². The van der Waals surface area contributed by atoms with Crippen molar-refractivity contribution in [1.29, 1.82) is 0 Å². The molecule has 1 N–H and O–H groups in total. The lowest BCUT2D eigenvalue weighted by Gasteiger charge is -2.28. The van der Waals surface area contributed by atoms with Crippen LogP contribution in [-0.2, 0) is 23.7 Å². The molecule has 1 fully saturated rings. The number of benzene rings is 4. The second-order valence-electron chi connectivity index (χ2n) is 9.74. The predicted molar refractivity (Wildman–Crippen MR) is 155 cm³/mol. The van der Waals surface area contributed by atoms with E-state index in [1.807, 2.05) is 0 Å². The molecule has 0 amide bonds. The summed E-state index contributed by atoms with van der Waals surface area (Å²) < 4.78 is 28.3. The van der Waals surface area contributed by atoms with Crippen LogP contribution < -0.4 is 0 Å². The summed E-state index contributed by atoms with van der Waals surface area (Å²) in [5, 5.41) is 10.9. The summed E-state index contributed by atoms with van der Waals surface area (Å²) in [5.41, 5.74) is 0.791. The van der Waals surface area contributed by atoms with E-state index >= 15 is 0 Å². The van der Waals surface area contributed by atoms with E-state index in [0.29, 0.717) is 0 Å². The van der Waals surface area contributed by atoms with Gasteiger partial charge in [0.1, 0.15) is 12.7 Å². The van der Waals surface area contributed by atoms with Crippen LogP contribution in [0, 0.1) is 0 Å². The third kappa shape index (κ3) is 7.35. The van der Waals surface area contributed by atoms with Crippen LogP contribution in [0.2, 0.25) is 0 Å². The highest BCUT2D eigenvalue weighted by molar-refractivity contribution is 5.91. The van der Waals surface area contributed by atoms with Gasteiger partial charge < -0.3 is 28.8 Å². The van der Waals surface area contributed by atoms with Crippen molar-refractivity contribution in [3.8, 4) is 0 Å². The Balaban J connectivity index is 1.45. The van der Waals surface area contributed by atoms with E-state index < -0.39 is 61.2 Å². The molecule has 44 heavy (non-hydrogen) atoms. The molecule has 0 aliphatic carbocycles. The van der Waals surface area contributed by atoms with E-state index in [1.54, 1.807) is 84.9 Å². The van der Waals surface area contributed by atoms with Gasteiger partial charge in [-0.25, -0.2) is 19.2 Å². The van der Waals surface area contributed by atoms with Gasteiger partial charge in [0.15, 0.2) is 24.6 Å². The lowest BCUT2D eigenvalue weighted by atomic mass is 10.0. The van der Waals surface area contributed by atoms with E-state index in [9.17, 15) is 24.3 Å². The second kappa shape index (κ2) is 14.2. The van der Waals surface area contributed by atoms with E-state index in [1.165, 1.54) is 36.4 Å². The maximum absolute atomic E-state index is 13.2. The smallest absolute Gasteiger partial charge is 0.338 e. The zero-order chi connectivity index (χ0) is 30.9. The Morgan fingerprint density at radius 2 is 0.955 bits per heavy atom. The minimum absolute atomic E-state index is 0.175. The quantitative estimate of drug-likeness (QED) is 0.209. The van der Waals surface area contributed by atoms with Crippen LogP contribution in [0.15, 0.2) is 121 Å². The third-order valence-corrected chi connectivity index (χ3v) is 6.75. The van der Waals surface area contributed by atoms with E-state index in [2.05, 4.69) is 0 Å². The molecule has 1 heterocycles. The molecule has 5 atom stereocenters. The van der Waals surface area contributed by atoms with Gasteiger partial charge >= 0.3 is 23.9 Å². The van der Waals surface area contributed by atoms with Crippen molar-refractivity contribution in [2.45, 2.75) is 30.7 Å². The zero-order valence-electron chi connectivity index (χ0n) is 23.3. The first kappa shape index (κ1) is 30.1. The number of aliphatic hydroxyl groups excluding tert-OH is 1. The molecule has 1 aliphatic heterocycles. The standard InChI is InChI=1S/C34H28O10/c35-30(22-13-5-1-6-14-22)40-21-26(41-31(36)23-15-7-2-8-16-23)27-28(43-32(37)24-17-9-3-10-18-24)29(34(39)42-27)44-33(38)25-19-11-4-12-20-25/h1-20,26-29,34,39H,21H2/t26-,27-,28-,29+,34+/m0/s1. The molecule has 5 rings (SSSR count). The van der Waals surface area contributed by atoms with Gasteiger partial charge in [0.25, 0.3) is 0 Å². The third-order valence-electron chi connectivity index (χ3n) is 6.75. The van der Waals surface area contributed by atoms with Crippen LogP contribution in [0.1, 0.15) is 41.4 Å². The van der Waals surface area contributed by atoms with Crippen LogP contribution >= 0.6 is 0 Å². The molecule has 0 bridgehead atoms. The first-order valence-corrected chi connectivity index (χ1v) is 13.7. The van der Waals surface area contributed by atoms with Crippen molar-refractivity contribution in [1.82, 2.24) is 0 Å². The number of carbonyl (C=O) groups excluding carboxylic acids is 4. The van der Waals surface area contributed by atoms with Crippen LogP contribution in [0.5, 0.6) is 0 Å². The molecular weight excluding hydrogens is 568 g/mol. The number of hydrogen-bond acceptors (Lipinski definition) is 10. The minimum atomic E-state index is -1.79. The molecule has 0 unspecified atom stereocenters. The Morgan fingerprint density at radius 3 is 1.41 bits per heavy atom. The molecule has 0 radical (unpaired) electrons. The first-order chi connectivity index (χ1) is 21.4. The van der Waals surface area contributed by atoms with Crippen molar-refractivity contribution in [3.63, 3.8) is 0 Å². The lowest BCUT2D eigenvalue weighted by molar-refractivity contribution is -0.153. The van der Waals surface area contributed by atoms with E-state index in [-0.39, 0.29) is 22.3 Å². The first-order valence-electron chi connectivity index (χ1n) is 13.7. The monoisotopic (exact) mass is 596 g/mol. The van der Waals surface area contributed by atoms with Gasteiger partial charge in [0.2, 0.25) is 0 Å². The number of hydrogen-bond donors (Lipinski definition) is 1. The van der Waals surface area contributed by atoms with E-state index in [4.69, 9.17) is 23.7 Å². The van der Waals surface area contributed by atoms with Gasteiger partial charge in [0, 0.05) is 0 Å². The Kier molecular flexibility index (Phi) is 9.75. The number of carbonyl (C=O) groups is 4. The number of ether oxygens (including phenoxy) is 5. The topological polar surface area (TPSA) is 135 Å². The molecule has 4 aromatic carbocycles. The predicted octanol–water partition coefficient (Wildman–Crippen LogP) is 4.24. The van der Waals surface area contributed by atoms with Crippen LogP contribution in [0.4, 0.5) is 0 Å². The molecule has 4 aromatic rings. The summed E-state index contributed by atoms with van der Waals surface area (Å²) in [6.45, 7) is -0.539.